The van der Waals surface area contributed by atoms with Crippen molar-refractivity contribution in [2.45, 2.75) is 20.2 Å². The van der Waals surface area contributed by atoms with Crippen LogP contribution in [0.4, 0.5) is 13.2 Å². The second kappa shape index (κ2) is 4.77. The minimum Gasteiger partial charge on any atom is -0.406 e. The average molecular weight is 312 g/mol. The standard InChI is InChI=1S/C14H11F3N2OS/c1-8-9(2)21-13-18-12(7-19(8)13)10-3-5-11(6-4-10)20-14(15,16)17/h3-7H,1-2H3. The van der Waals surface area contributed by atoms with Crippen LogP contribution in [-0.4, -0.2) is 15.7 Å². The van der Waals surface area contributed by atoms with Crippen molar-refractivity contribution in [3.63, 3.8) is 0 Å². The molecule has 0 spiro atoms. The van der Waals surface area contributed by atoms with Crippen LogP contribution in [0.15, 0.2) is 30.5 Å². The number of hydrogen-bond acceptors (Lipinski definition) is 3. The van der Waals surface area contributed by atoms with Crippen LogP contribution >= 0.6 is 11.3 Å². The molecule has 110 valence electrons. The van der Waals surface area contributed by atoms with Gasteiger partial charge >= 0.3 is 6.36 Å². The van der Waals surface area contributed by atoms with Crippen molar-refractivity contribution in [2.24, 2.45) is 0 Å². The van der Waals surface area contributed by atoms with Gasteiger partial charge in [-0.3, -0.25) is 4.40 Å². The van der Waals surface area contributed by atoms with Crippen molar-refractivity contribution in [1.29, 1.82) is 0 Å². The fourth-order valence-corrected chi connectivity index (χ4v) is 2.97. The van der Waals surface area contributed by atoms with Crippen molar-refractivity contribution in [1.82, 2.24) is 9.38 Å². The molecular weight excluding hydrogens is 301 g/mol. The fourth-order valence-electron chi connectivity index (χ4n) is 2.02. The molecule has 7 heteroatoms. The Hall–Kier alpha value is -2.02. The summed E-state index contributed by atoms with van der Waals surface area (Å²) >= 11 is 1.58. The van der Waals surface area contributed by atoms with Gasteiger partial charge in [-0.25, -0.2) is 4.98 Å². The Kier molecular flexibility index (Phi) is 3.16. The number of aryl methyl sites for hydroxylation is 2. The maximum atomic E-state index is 12.1. The zero-order valence-corrected chi connectivity index (χ0v) is 12.0. The number of rotatable bonds is 2. The number of hydrogen-bond donors (Lipinski definition) is 0. The van der Waals surface area contributed by atoms with E-state index in [0.717, 1.165) is 21.9 Å². The van der Waals surface area contributed by atoms with E-state index in [-0.39, 0.29) is 5.75 Å². The molecule has 0 fully saturated rings. The lowest BCUT2D eigenvalue weighted by Crippen LogP contribution is -2.16. The molecule has 3 rings (SSSR count). The highest BCUT2D eigenvalue weighted by atomic mass is 32.1. The fraction of sp³-hybridized carbons (Fsp3) is 0.214. The van der Waals surface area contributed by atoms with Crippen molar-refractivity contribution in [2.75, 3.05) is 0 Å². The van der Waals surface area contributed by atoms with Crippen LogP contribution in [0.3, 0.4) is 0 Å². The van der Waals surface area contributed by atoms with E-state index in [0.29, 0.717) is 0 Å². The Bertz CT molecular complexity index is 787. The van der Waals surface area contributed by atoms with Gasteiger partial charge in [-0.2, -0.15) is 0 Å². The van der Waals surface area contributed by atoms with E-state index in [1.165, 1.54) is 17.0 Å². The van der Waals surface area contributed by atoms with Gasteiger partial charge in [0.05, 0.1) is 5.69 Å². The molecule has 0 aliphatic rings. The molecule has 0 unspecified atom stereocenters. The SMILES string of the molecule is Cc1sc2nc(-c3ccc(OC(F)(F)F)cc3)cn2c1C. The highest BCUT2D eigenvalue weighted by molar-refractivity contribution is 7.17. The van der Waals surface area contributed by atoms with Gasteiger partial charge in [0.25, 0.3) is 0 Å². The number of aromatic nitrogens is 2. The Morgan fingerprint density at radius 1 is 1.14 bits per heavy atom. The van der Waals surface area contributed by atoms with Gasteiger partial charge in [0, 0.05) is 22.3 Å². The van der Waals surface area contributed by atoms with Crippen molar-refractivity contribution in [3.05, 3.63) is 41.0 Å². The highest BCUT2D eigenvalue weighted by Crippen LogP contribution is 2.29. The van der Waals surface area contributed by atoms with Gasteiger partial charge in [0.2, 0.25) is 0 Å². The molecule has 0 amide bonds. The second-order valence-electron chi connectivity index (χ2n) is 4.59. The molecule has 3 nitrogen and oxygen atoms in total. The third-order valence-electron chi connectivity index (χ3n) is 3.17. The summed E-state index contributed by atoms with van der Waals surface area (Å²) in [7, 11) is 0. The molecule has 0 atom stereocenters. The minimum absolute atomic E-state index is 0.237. The lowest BCUT2D eigenvalue weighted by Gasteiger charge is -2.08. The van der Waals surface area contributed by atoms with Crippen LogP contribution in [0.1, 0.15) is 10.6 Å². The first kappa shape index (κ1) is 13.9. The summed E-state index contributed by atoms with van der Waals surface area (Å²) in [5, 5.41) is 0. The van der Waals surface area contributed by atoms with Gasteiger partial charge in [-0.1, -0.05) is 0 Å². The number of halogens is 3. The van der Waals surface area contributed by atoms with E-state index in [1.54, 1.807) is 23.5 Å². The zero-order valence-electron chi connectivity index (χ0n) is 11.2. The smallest absolute Gasteiger partial charge is 0.406 e. The molecule has 3 aromatic rings. The molecule has 0 aliphatic carbocycles. The Morgan fingerprint density at radius 3 is 2.38 bits per heavy atom. The number of benzene rings is 1. The third kappa shape index (κ3) is 2.73. The quantitative estimate of drug-likeness (QED) is 0.692. The van der Waals surface area contributed by atoms with Gasteiger partial charge in [0.1, 0.15) is 5.75 Å². The normalized spacial score (nSPS) is 12.0. The summed E-state index contributed by atoms with van der Waals surface area (Å²) < 4.78 is 42.2. The van der Waals surface area contributed by atoms with E-state index in [2.05, 4.69) is 9.72 Å². The van der Waals surface area contributed by atoms with E-state index in [4.69, 9.17) is 0 Å². The average Bonchev–Trinajstić information content (AvgIpc) is 2.90. The van der Waals surface area contributed by atoms with Gasteiger partial charge in [-0.05, 0) is 38.1 Å². The van der Waals surface area contributed by atoms with Crippen LogP contribution in [0.25, 0.3) is 16.2 Å². The monoisotopic (exact) mass is 312 g/mol. The Balaban J connectivity index is 1.92. The molecule has 0 aliphatic heterocycles. The number of thiazole rings is 1. The lowest BCUT2D eigenvalue weighted by molar-refractivity contribution is -0.274. The van der Waals surface area contributed by atoms with Gasteiger partial charge < -0.3 is 4.74 Å². The van der Waals surface area contributed by atoms with E-state index < -0.39 is 6.36 Å². The van der Waals surface area contributed by atoms with Gasteiger partial charge in [0.15, 0.2) is 4.96 Å². The summed E-state index contributed by atoms with van der Waals surface area (Å²) in [4.78, 5) is 6.55. The summed E-state index contributed by atoms with van der Waals surface area (Å²) in [5.41, 5.74) is 2.59. The van der Waals surface area contributed by atoms with Crippen LogP contribution < -0.4 is 4.74 Å². The summed E-state index contributed by atoms with van der Waals surface area (Å²) in [5.74, 6) is -0.237. The number of ether oxygens (including phenoxy) is 1. The molecular formula is C14H11F3N2OS. The molecule has 0 saturated carbocycles. The summed E-state index contributed by atoms with van der Waals surface area (Å²) in [6, 6.07) is 5.70. The molecule has 0 N–H and O–H groups in total. The zero-order chi connectivity index (χ0) is 15.2. The van der Waals surface area contributed by atoms with Crippen molar-refractivity contribution >= 4 is 16.3 Å². The minimum atomic E-state index is -4.67. The maximum absolute atomic E-state index is 12.1. The van der Waals surface area contributed by atoms with Gasteiger partial charge in [-0.15, -0.1) is 24.5 Å². The van der Waals surface area contributed by atoms with E-state index in [9.17, 15) is 13.2 Å². The predicted molar refractivity (Wildman–Crippen MR) is 74.7 cm³/mol. The second-order valence-corrected chi connectivity index (χ2v) is 5.78. The molecule has 0 saturated heterocycles. The molecule has 21 heavy (non-hydrogen) atoms. The number of fused-ring (bicyclic) bond motifs is 1. The largest absolute Gasteiger partial charge is 0.573 e. The molecule has 2 heterocycles. The third-order valence-corrected chi connectivity index (χ3v) is 4.24. The number of nitrogens with zero attached hydrogens (tertiary/aromatic N) is 2. The molecule has 1 aromatic carbocycles. The Morgan fingerprint density at radius 2 is 1.81 bits per heavy atom. The first-order valence-corrected chi connectivity index (χ1v) is 6.96. The van der Waals surface area contributed by atoms with Crippen LogP contribution in [0.5, 0.6) is 5.75 Å². The van der Waals surface area contributed by atoms with E-state index >= 15 is 0 Å². The molecule has 2 aromatic heterocycles. The molecule has 0 bridgehead atoms. The van der Waals surface area contributed by atoms with Crippen molar-refractivity contribution in [3.8, 4) is 17.0 Å². The number of imidazole rings is 1. The summed E-state index contributed by atoms with van der Waals surface area (Å²) in [6.07, 6.45) is -2.79. The first-order valence-electron chi connectivity index (χ1n) is 6.15. The van der Waals surface area contributed by atoms with Crippen LogP contribution in [-0.2, 0) is 0 Å². The van der Waals surface area contributed by atoms with E-state index in [1.807, 2.05) is 24.4 Å². The van der Waals surface area contributed by atoms with Crippen LogP contribution in [0.2, 0.25) is 0 Å². The Labute approximate surface area is 122 Å². The topological polar surface area (TPSA) is 26.5 Å². The highest BCUT2D eigenvalue weighted by Gasteiger charge is 2.31. The van der Waals surface area contributed by atoms with Crippen LogP contribution in [0, 0.1) is 13.8 Å². The lowest BCUT2D eigenvalue weighted by atomic mass is 10.2. The summed E-state index contributed by atoms with van der Waals surface area (Å²) in [6.45, 7) is 4.03. The maximum Gasteiger partial charge on any atom is 0.573 e. The number of alkyl halides is 3. The predicted octanol–water partition coefficient (Wildman–Crippen LogP) is 4.58. The first-order chi connectivity index (χ1) is 9.83. The van der Waals surface area contributed by atoms with Crippen molar-refractivity contribution < 1.29 is 17.9 Å². The molecule has 0 radical (unpaired) electrons.